The molecule has 1 aromatic carbocycles. The van der Waals surface area contributed by atoms with E-state index in [2.05, 4.69) is 51.0 Å². The van der Waals surface area contributed by atoms with Crippen LogP contribution in [0.2, 0.25) is 0 Å². The molecule has 120 valence electrons. The Kier molecular flexibility index (Phi) is 4.61. The van der Waals surface area contributed by atoms with Gasteiger partial charge in [-0.05, 0) is 36.2 Å². The summed E-state index contributed by atoms with van der Waals surface area (Å²) in [5.74, 6) is 1.01. The molecule has 0 aliphatic heterocycles. The zero-order valence-electron chi connectivity index (χ0n) is 14.5. The van der Waals surface area contributed by atoms with Crippen LogP contribution in [-0.2, 0) is 12.5 Å². The Labute approximate surface area is 133 Å². The van der Waals surface area contributed by atoms with E-state index in [9.17, 15) is 0 Å². The minimum Gasteiger partial charge on any atom is -0.497 e. The number of hydrogen-bond donors (Lipinski definition) is 1. The lowest BCUT2D eigenvalue weighted by Crippen LogP contribution is -2.18. The first kappa shape index (κ1) is 16.6. The second-order valence-corrected chi connectivity index (χ2v) is 6.84. The third-order valence-corrected chi connectivity index (χ3v) is 4.13. The normalized spacial score (nSPS) is 13.2. The van der Waals surface area contributed by atoms with E-state index in [0.29, 0.717) is 6.54 Å². The van der Waals surface area contributed by atoms with Crippen LogP contribution in [0.5, 0.6) is 5.75 Å². The number of nitrogens with zero attached hydrogens (tertiary/aromatic N) is 2. The van der Waals surface area contributed by atoms with Gasteiger partial charge in [-0.3, -0.25) is 4.68 Å². The molecule has 1 heterocycles. The summed E-state index contributed by atoms with van der Waals surface area (Å²) in [6.45, 7) is 9.18. The number of hydrogen-bond acceptors (Lipinski definition) is 3. The van der Waals surface area contributed by atoms with Gasteiger partial charge in [0.05, 0.1) is 12.8 Å². The molecule has 0 spiro atoms. The molecule has 2 rings (SSSR count). The van der Waals surface area contributed by atoms with Crippen molar-refractivity contribution in [2.75, 3.05) is 13.7 Å². The van der Waals surface area contributed by atoms with Crippen LogP contribution >= 0.6 is 0 Å². The highest BCUT2D eigenvalue weighted by molar-refractivity contribution is 5.41. The number of benzene rings is 1. The van der Waals surface area contributed by atoms with E-state index >= 15 is 0 Å². The van der Waals surface area contributed by atoms with Crippen LogP contribution in [0.4, 0.5) is 0 Å². The van der Waals surface area contributed by atoms with Crippen molar-refractivity contribution >= 4 is 0 Å². The SMILES string of the molecule is COc1ccc(C(CN)c2cc(C(C)(C)C)nn2C)c(C)c1. The number of rotatable bonds is 4. The molecule has 2 aromatic rings. The van der Waals surface area contributed by atoms with Gasteiger partial charge in [0.25, 0.3) is 0 Å². The van der Waals surface area contributed by atoms with Gasteiger partial charge in [-0.2, -0.15) is 5.10 Å². The summed E-state index contributed by atoms with van der Waals surface area (Å²) in [5.41, 5.74) is 10.8. The molecule has 0 saturated heterocycles. The van der Waals surface area contributed by atoms with Crippen molar-refractivity contribution < 1.29 is 4.74 Å². The molecule has 0 aliphatic rings. The van der Waals surface area contributed by atoms with Crippen LogP contribution in [-0.4, -0.2) is 23.4 Å². The van der Waals surface area contributed by atoms with Gasteiger partial charge in [0.15, 0.2) is 0 Å². The van der Waals surface area contributed by atoms with Gasteiger partial charge in [0.2, 0.25) is 0 Å². The topological polar surface area (TPSA) is 53.1 Å². The largest absolute Gasteiger partial charge is 0.497 e. The van der Waals surface area contributed by atoms with Crippen molar-refractivity contribution in [2.24, 2.45) is 12.8 Å². The zero-order valence-corrected chi connectivity index (χ0v) is 14.5. The molecule has 1 atom stereocenters. The molecule has 0 amide bonds. The van der Waals surface area contributed by atoms with Crippen LogP contribution in [0, 0.1) is 6.92 Å². The van der Waals surface area contributed by atoms with Gasteiger partial charge in [-0.1, -0.05) is 26.8 Å². The van der Waals surface area contributed by atoms with Crippen LogP contribution < -0.4 is 10.5 Å². The summed E-state index contributed by atoms with van der Waals surface area (Å²) < 4.78 is 7.25. The first-order valence-electron chi connectivity index (χ1n) is 7.67. The van der Waals surface area contributed by atoms with Gasteiger partial charge in [-0.25, -0.2) is 0 Å². The average Bonchev–Trinajstić information content (AvgIpc) is 2.83. The van der Waals surface area contributed by atoms with Crippen LogP contribution in [0.15, 0.2) is 24.3 Å². The summed E-state index contributed by atoms with van der Waals surface area (Å²) in [4.78, 5) is 0. The molecule has 1 unspecified atom stereocenters. The highest BCUT2D eigenvalue weighted by Gasteiger charge is 2.24. The van der Waals surface area contributed by atoms with Crippen molar-refractivity contribution in [1.82, 2.24) is 9.78 Å². The lowest BCUT2D eigenvalue weighted by atomic mass is 9.88. The molecule has 4 nitrogen and oxygen atoms in total. The predicted molar refractivity (Wildman–Crippen MR) is 90.5 cm³/mol. The Balaban J connectivity index is 2.47. The lowest BCUT2D eigenvalue weighted by Gasteiger charge is -2.18. The predicted octanol–water partition coefficient (Wildman–Crippen LogP) is 3.13. The summed E-state index contributed by atoms with van der Waals surface area (Å²) >= 11 is 0. The minimum atomic E-state index is 0.0319. The zero-order chi connectivity index (χ0) is 16.5. The van der Waals surface area contributed by atoms with E-state index < -0.39 is 0 Å². The minimum absolute atomic E-state index is 0.0319. The van der Waals surface area contributed by atoms with E-state index in [1.54, 1.807) is 7.11 Å². The molecular formula is C18H27N3O. The fraction of sp³-hybridized carbons (Fsp3) is 0.500. The molecule has 0 saturated carbocycles. The Bertz CT molecular complexity index is 653. The third-order valence-electron chi connectivity index (χ3n) is 4.13. The molecule has 2 N–H and O–H groups in total. The molecule has 0 aliphatic carbocycles. The number of methoxy groups -OCH3 is 1. The van der Waals surface area contributed by atoms with E-state index in [0.717, 1.165) is 17.1 Å². The Hall–Kier alpha value is -1.81. The van der Waals surface area contributed by atoms with Crippen molar-refractivity contribution in [3.63, 3.8) is 0 Å². The Morgan fingerprint density at radius 2 is 1.95 bits per heavy atom. The maximum atomic E-state index is 6.09. The smallest absolute Gasteiger partial charge is 0.119 e. The van der Waals surface area contributed by atoms with E-state index in [-0.39, 0.29) is 11.3 Å². The van der Waals surface area contributed by atoms with Crippen molar-refractivity contribution in [2.45, 2.75) is 39.0 Å². The van der Waals surface area contributed by atoms with E-state index in [4.69, 9.17) is 10.5 Å². The van der Waals surface area contributed by atoms with Crippen LogP contribution in [0.3, 0.4) is 0 Å². The third kappa shape index (κ3) is 3.17. The van der Waals surface area contributed by atoms with Crippen molar-refractivity contribution in [1.29, 1.82) is 0 Å². The monoisotopic (exact) mass is 301 g/mol. The average molecular weight is 301 g/mol. The molecule has 4 heteroatoms. The Morgan fingerprint density at radius 1 is 1.27 bits per heavy atom. The summed E-state index contributed by atoms with van der Waals surface area (Å²) in [6.07, 6.45) is 0. The highest BCUT2D eigenvalue weighted by Crippen LogP contribution is 2.31. The maximum absolute atomic E-state index is 6.09. The lowest BCUT2D eigenvalue weighted by molar-refractivity contribution is 0.414. The van der Waals surface area contributed by atoms with Crippen LogP contribution in [0.1, 0.15) is 49.2 Å². The van der Waals surface area contributed by atoms with E-state index in [1.807, 2.05) is 17.8 Å². The highest BCUT2D eigenvalue weighted by atomic mass is 16.5. The second kappa shape index (κ2) is 6.13. The summed E-state index contributed by atoms with van der Waals surface area (Å²) in [5, 5.41) is 4.68. The van der Waals surface area contributed by atoms with E-state index in [1.165, 1.54) is 11.1 Å². The number of aromatic nitrogens is 2. The molecule has 0 radical (unpaired) electrons. The standard InChI is InChI=1S/C18H27N3O/c1-12-9-13(22-6)7-8-14(12)15(11-19)16-10-17(18(2,3)4)20-21(16)5/h7-10,15H,11,19H2,1-6H3. The molecular weight excluding hydrogens is 274 g/mol. The fourth-order valence-electron chi connectivity index (χ4n) is 2.75. The van der Waals surface area contributed by atoms with Gasteiger partial charge in [-0.15, -0.1) is 0 Å². The van der Waals surface area contributed by atoms with Crippen molar-refractivity contribution in [3.8, 4) is 5.75 Å². The van der Waals surface area contributed by atoms with Crippen LogP contribution in [0.25, 0.3) is 0 Å². The fourth-order valence-corrected chi connectivity index (χ4v) is 2.75. The Morgan fingerprint density at radius 3 is 2.41 bits per heavy atom. The van der Waals surface area contributed by atoms with Gasteiger partial charge < -0.3 is 10.5 Å². The quantitative estimate of drug-likeness (QED) is 0.944. The van der Waals surface area contributed by atoms with Gasteiger partial charge in [0, 0.05) is 30.6 Å². The van der Waals surface area contributed by atoms with Gasteiger partial charge in [0.1, 0.15) is 5.75 Å². The number of ether oxygens (including phenoxy) is 1. The molecule has 1 aromatic heterocycles. The first-order valence-corrected chi connectivity index (χ1v) is 7.67. The molecule has 0 bridgehead atoms. The number of aryl methyl sites for hydroxylation is 2. The maximum Gasteiger partial charge on any atom is 0.119 e. The molecule has 22 heavy (non-hydrogen) atoms. The number of nitrogens with two attached hydrogens (primary N) is 1. The second-order valence-electron chi connectivity index (χ2n) is 6.84. The van der Waals surface area contributed by atoms with Crippen molar-refractivity contribution in [3.05, 3.63) is 46.8 Å². The molecule has 0 fully saturated rings. The summed E-state index contributed by atoms with van der Waals surface area (Å²) in [6, 6.07) is 8.34. The first-order chi connectivity index (χ1) is 10.3. The summed E-state index contributed by atoms with van der Waals surface area (Å²) in [7, 11) is 3.68. The van der Waals surface area contributed by atoms with Gasteiger partial charge >= 0.3 is 0 Å².